The number of thioether (sulfide) groups is 2. The van der Waals surface area contributed by atoms with Gasteiger partial charge >= 0.3 is 6.03 Å². The van der Waals surface area contributed by atoms with Crippen LogP contribution >= 0.6 is 23.5 Å². The first-order chi connectivity index (χ1) is 5.68. The van der Waals surface area contributed by atoms with E-state index in [9.17, 15) is 4.79 Å². The number of primary amides is 1. The van der Waals surface area contributed by atoms with Crippen LogP contribution in [0.2, 0.25) is 0 Å². The average Bonchev–Trinajstić information content (AvgIpc) is 2.03. The zero-order chi connectivity index (χ0) is 8.97. The maximum Gasteiger partial charge on any atom is 0.332 e. The van der Waals surface area contributed by atoms with Gasteiger partial charge in [-0.25, -0.2) is 10.2 Å². The summed E-state index contributed by atoms with van der Waals surface area (Å²) in [6.45, 7) is 2.16. The molecule has 0 saturated carbocycles. The van der Waals surface area contributed by atoms with Gasteiger partial charge in [-0.3, -0.25) is 0 Å². The zero-order valence-corrected chi connectivity index (χ0v) is 8.37. The van der Waals surface area contributed by atoms with Crippen molar-refractivity contribution < 1.29 is 4.79 Å². The number of amides is 2. The van der Waals surface area contributed by atoms with Crippen molar-refractivity contribution in [1.29, 1.82) is 0 Å². The zero-order valence-electron chi connectivity index (χ0n) is 6.74. The lowest BCUT2D eigenvalue weighted by atomic mass is 10.5. The minimum absolute atomic E-state index is 0.601. The maximum absolute atomic E-state index is 10.3. The summed E-state index contributed by atoms with van der Waals surface area (Å²) in [6, 6.07) is -0.601. The van der Waals surface area contributed by atoms with Crippen LogP contribution in [0.4, 0.5) is 4.79 Å². The van der Waals surface area contributed by atoms with E-state index in [1.165, 1.54) is 0 Å². The van der Waals surface area contributed by atoms with E-state index in [0.29, 0.717) is 4.58 Å². The Bertz CT molecular complexity index is 197. The highest BCUT2D eigenvalue weighted by atomic mass is 32.2. The Kier molecular flexibility index (Phi) is 3.74. The number of nitrogens with one attached hydrogen (secondary N) is 1. The van der Waals surface area contributed by atoms with E-state index in [-0.39, 0.29) is 0 Å². The summed E-state index contributed by atoms with van der Waals surface area (Å²) in [6.07, 6.45) is 0. The van der Waals surface area contributed by atoms with Crippen molar-refractivity contribution in [2.75, 3.05) is 11.5 Å². The summed E-state index contributed by atoms with van der Waals surface area (Å²) in [5, 5.41) is 3.87. The Balaban J connectivity index is 2.33. The number of nitrogens with two attached hydrogens (primary N) is 1. The van der Waals surface area contributed by atoms with Gasteiger partial charge in [0.2, 0.25) is 0 Å². The van der Waals surface area contributed by atoms with Crippen molar-refractivity contribution in [2.24, 2.45) is 10.8 Å². The van der Waals surface area contributed by atoms with E-state index < -0.39 is 6.03 Å². The van der Waals surface area contributed by atoms with E-state index in [4.69, 9.17) is 5.73 Å². The number of carbonyl (C=O) groups is 1. The Morgan fingerprint density at radius 1 is 1.67 bits per heavy atom. The molecule has 1 saturated heterocycles. The monoisotopic (exact) mass is 205 g/mol. The molecule has 0 radical (unpaired) electrons. The smallest absolute Gasteiger partial charge is 0.332 e. The minimum atomic E-state index is -0.601. The van der Waals surface area contributed by atoms with Crippen LogP contribution in [0.25, 0.3) is 0 Å². The van der Waals surface area contributed by atoms with Gasteiger partial charge in [0.1, 0.15) is 0 Å². The van der Waals surface area contributed by atoms with Gasteiger partial charge in [-0.15, -0.1) is 23.5 Å². The molecule has 0 aromatic heterocycles. The topological polar surface area (TPSA) is 67.5 Å². The highest BCUT2D eigenvalue weighted by molar-refractivity contribution is 8.18. The number of urea groups is 1. The molecule has 4 nitrogen and oxygen atoms in total. The van der Waals surface area contributed by atoms with Crippen molar-refractivity contribution in [3.8, 4) is 0 Å². The maximum atomic E-state index is 10.3. The molecular formula is C6H11N3OS2. The quantitative estimate of drug-likeness (QED) is 0.623. The first-order valence-electron chi connectivity index (χ1n) is 3.52. The van der Waals surface area contributed by atoms with Crippen LogP contribution in [0.3, 0.4) is 0 Å². The molecule has 1 aliphatic rings. The summed E-state index contributed by atoms with van der Waals surface area (Å²) in [5.74, 6) is 1.77. The third-order valence-electron chi connectivity index (χ3n) is 1.29. The molecule has 1 fully saturated rings. The number of rotatable bonds is 1. The molecule has 2 amide bonds. The molecule has 0 aromatic rings. The van der Waals surface area contributed by atoms with Crippen LogP contribution in [0, 0.1) is 0 Å². The van der Waals surface area contributed by atoms with E-state index in [0.717, 1.165) is 17.2 Å². The molecule has 12 heavy (non-hydrogen) atoms. The summed E-state index contributed by atoms with van der Waals surface area (Å²) < 4.78 is 0.623. The van der Waals surface area contributed by atoms with Crippen LogP contribution in [0.5, 0.6) is 0 Å². The predicted molar refractivity (Wildman–Crippen MR) is 54.5 cm³/mol. The molecule has 0 unspecified atom stereocenters. The van der Waals surface area contributed by atoms with Gasteiger partial charge in [0.15, 0.2) is 0 Å². The van der Waals surface area contributed by atoms with E-state index in [1.807, 2.05) is 23.5 Å². The second-order valence-corrected chi connectivity index (χ2v) is 5.30. The molecular weight excluding hydrogens is 194 g/mol. The van der Waals surface area contributed by atoms with Crippen molar-refractivity contribution in [2.45, 2.75) is 11.5 Å². The number of nitrogens with zero attached hydrogens (tertiary/aromatic N) is 1. The van der Waals surface area contributed by atoms with E-state index in [2.05, 4.69) is 17.5 Å². The first kappa shape index (κ1) is 9.73. The standard InChI is InChI=1S/C6H11N3OS2/c1-4-11-2-5(3-12-4)8-9-6(7)10/h4H,2-3H2,1H3,(H3,7,9,10). The van der Waals surface area contributed by atoms with Crippen molar-refractivity contribution in [1.82, 2.24) is 5.43 Å². The summed E-state index contributed by atoms with van der Waals surface area (Å²) in [4.78, 5) is 10.3. The van der Waals surface area contributed by atoms with E-state index in [1.54, 1.807) is 0 Å². The lowest BCUT2D eigenvalue weighted by Crippen LogP contribution is -2.28. The van der Waals surface area contributed by atoms with Crippen molar-refractivity contribution in [3.05, 3.63) is 0 Å². The second-order valence-electron chi connectivity index (χ2n) is 2.34. The number of hydrogen-bond donors (Lipinski definition) is 2. The molecule has 0 aliphatic carbocycles. The van der Waals surface area contributed by atoms with Gasteiger partial charge in [-0.05, 0) is 6.92 Å². The Morgan fingerprint density at radius 3 is 2.75 bits per heavy atom. The second kappa shape index (κ2) is 4.61. The van der Waals surface area contributed by atoms with Crippen molar-refractivity contribution in [3.63, 3.8) is 0 Å². The van der Waals surface area contributed by atoms with Crippen LogP contribution in [-0.2, 0) is 0 Å². The van der Waals surface area contributed by atoms with Gasteiger partial charge in [0, 0.05) is 16.1 Å². The molecule has 1 aliphatic heterocycles. The minimum Gasteiger partial charge on any atom is -0.350 e. The Morgan fingerprint density at radius 2 is 2.25 bits per heavy atom. The van der Waals surface area contributed by atoms with Crippen LogP contribution in [0.15, 0.2) is 5.10 Å². The normalized spacial score (nSPS) is 23.4. The lowest BCUT2D eigenvalue weighted by molar-refractivity contribution is 0.249. The largest absolute Gasteiger partial charge is 0.350 e. The van der Waals surface area contributed by atoms with Crippen LogP contribution in [0.1, 0.15) is 6.92 Å². The number of carbonyl (C=O) groups excluding carboxylic acids is 1. The van der Waals surface area contributed by atoms with Gasteiger partial charge in [0.25, 0.3) is 0 Å². The average molecular weight is 205 g/mol. The lowest BCUT2D eigenvalue weighted by Gasteiger charge is -2.17. The predicted octanol–water partition coefficient (Wildman–Crippen LogP) is 0.837. The number of hydrogen-bond acceptors (Lipinski definition) is 4. The highest BCUT2D eigenvalue weighted by Crippen LogP contribution is 2.28. The molecule has 0 spiro atoms. The SMILES string of the molecule is CC1SCC(=NNC(N)=O)CS1. The summed E-state index contributed by atoms with van der Waals surface area (Å²) in [7, 11) is 0. The summed E-state index contributed by atoms with van der Waals surface area (Å²) >= 11 is 3.64. The molecule has 0 bridgehead atoms. The molecule has 68 valence electrons. The van der Waals surface area contributed by atoms with Gasteiger partial charge in [-0.2, -0.15) is 5.10 Å². The van der Waals surface area contributed by atoms with Gasteiger partial charge in [-0.1, -0.05) is 0 Å². The van der Waals surface area contributed by atoms with Crippen LogP contribution in [-0.4, -0.2) is 27.8 Å². The van der Waals surface area contributed by atoms with Crippen LogP contribution < -0.4 is 11.2 Å². The fourth-order valence-corrected chi connectivity index (χ4v) is 2.83. The van der Waals surface area contributed by atoms with E-state index >= 15 is 0 Å². The molecule has 0 aromatic carbocycles. The summed E-state index contributed by atoms with van der Waals surface area (Å²) in [5.41, 5.74) is 8.08. The highest BCUT2D eigenvalue weighted by Gasteiger charge is 2.14. The van der Waals surface area contributed by atoms with Gasteiger partial charge in [0.05, 0.1) is 5.71 Å². The molecule has 3 N–H and O–H groups in total. The molecule has 1 rings (SSSR count). The molecule has 6 heteroatoms. The fourth-order valence-electron chi connectivity index (χ4n) is 0.716. The Hall–Kier alpha value is -0.360. The van der Waals surface area contributed by atoms with Crippen molar-refractivity contribution >= 4 is 35.3 Å². The third kappa shape index (κ3) is 3.36. The fraction of sp³-hybridized carbons (Fsp3) is 0.667. The van der Waals surface area contributed by atoms with Gasteiger partial charge < -0.3 is 5.73 Å². The number of hydrazone groups is 1. The first-order valence-corrected chi connectivity index (χ1v) is 5.62. The third-order valence-corrected chi connectivity index (χ3v) is 4.05. The Labute approximate surface area is 79.7 Å². The molecule has 1 heterocycles. The molecule has 0 atom stereocenters.